The van der Waals surface area contributed by atoms with Gasteiger partial charge in [-0.3, -0.25) is 38.4 Å². The van der Waals surface area contributed by atoms with E-state index in [1.54, 1.807) is 31.7 Å². The van der Waals surface area contributed by atoms with Crippen molar-refractivity contribution >= 4 is 66.5 Å². The summed E-state index contributed by atoms with van der Waals surface area (Å²) in [7, 11) is -2.64. The number of halogens is 2. The van der Waals surface area contributed by atoms with Gasteiger partial charge in [0.1, 0.15) is 11.7 Å². The molecule has 3 atom stereocenters. The summed E-state index contributed by atoms with van der Waals surface area (Å²) in [5.41, 5.74) is 10.8. The minimum Gasteiger partial charge on any atom is -0.370 e. The quantitative estimate of drug-likeness (QED) is 0.0919. The van der Waals surface area contributed by atoms with Crippen molar-refractivity contribution in [2.45, 2.75) is 97.7 Å². The fraction of sp³-hybridized carbons (Fsp3) is 0.463. The molecular weight excluding hydrogens is 819 g/mol. The van der Waals surface area contributed by atoms with Crippen LogP contribution in [0.2, 0.25) is 0 Å². The Morgan fingerprint density at radius 3 is 2.21 bits per heavy atom. The van der Waals surface area contributed by atoms with Gasteiger partial charge in [-0.1, -0.05) is 33.8 Å². The second-order valence-corrected chi connectivity index (χ2v) is 15.3. The number of carbonyl (C=O) groups excluding carboxylic acids is 8. The molecule has 0 radical (unpaired) electrons. The van der Waals surface area contributed by atoms with Crippen LogP contribution in [-0.2, 0) is 35.2 Å². The largest absolute Gasteiger partial charge is 0.370 e. The SMILES string of the molecule is CC.CC(=O)N1CCC(=O)N2CCCC2CC1.CC(C)C(=O)C(Cc1ccc(F)c(F)c1)NC(=O)C(CCC(N)=O)NC=O.NC(=O)c1cc2cc(C(=O)P(O)O)ccc2[nH]1. The Hall–Kier alpha value is -5.65. The molecule has 1 aromatic heterocycles. The topological polar surface area (TPSA) is 275 Å². The number of nitrogens with one attached hydrogen (secondary N) is 3. The molecule has 9 N–H and O–H groups in total. The Morgan fingerprint density at radius 2 is 1.64 bits per heavy atom. The van der Waals surface area contributed by atoms with Crippen molar-refractivity contribution in [2.24, 2.45) is 17.4 Å². The van der Waals surface area contributed by atoms with E-state index in [0.29, 0.717) is 41.9 Å². The first-order valence-electron chi connectivity index (χ1n) is 19.8. The summed E-state index contributed by atoms with van der Waals surface area (Å²) in [5.74, 6) is -4.41. The number of aromatic amines is 1. The molecule has 5 rings (SSSR count). The van der Waals surface area contributed by atoms with Gasteiger partial charge in [-0.25, -0.2) is 8.78 Å². The maximum atomic E-state index is 13.4. The summed E-state index contributed by atoms with van der Waals surface area (Å²) in [6, 6.07) is 7.55. The number of ketones is 1. The van der Waals surface area contributed by atoms with Crippen LogP contribution in [0.5, 0.6) is 0 Å². The van der Waals surface area contributed by atoms with Crippen LogP contribution in [0.15, 0.2) is 42.5 Å². The third-order valence-corrected chi connectivity index (χ3v) is 10.3. The molecule has 2 aromatic carbocycles. The molecule has 334 valence electrons. The number of nitrogens with two attached hydrogens (primary N) is 2. The molecule has 3 aromatic rings. The van der Waals surface area contributed by atoms with Gasteiger partial charge in [0.15, 0.2) is 17.4 Å². The highest BCUT2D eigenvalue weighted by molar-refractivity contribution is 7.65. The molecule has 0 bridgehead atoms. The molecule has 2 aliphatic heterocycles. The summed E-state index contributed by atoms with van der Waals surface area (Å²) < 4.78 is 26.5. The number of H-pyrrole nitrogens is 1. The summed E-state index contributed by atoms with van der Waals surface area (Å²) in [6.45, 7) is 11.2. The van der Waals surface area contributed by atoms with Crippen molar-refractivity contribution in [3.63, 3.8) is 0 Å². The zero-order valence-electron chi connectivity index (χ0n) is 34.9. The minimum absolute atomic E-state index is 0.0341. The van der Waals surface area contributed by atoms with Crippen LogP contribution in [-0.4, -0.2) is 110 Å². The van der Waals surface area contributed by atoms with Gasteiger partial charge in [0.25, 0.3) is 5.91 Å². The van der Waals surface area contributed by atoms with E-state index in [4.69, 9.17) is 21.3 Å². The van der Waals surface area contributed by atoms with E-state index in [0.717, 1.165) is 44.5 Å². The van der Waals surface area contributed by atoms with Gasteiger partial charge in [0.05, 0.1) is 6.04 Å². The first-order valence-corrected chi connectivity index (χ1v) is 21.0. The van der Waals surface area contributed by atoms with Crippen molar-refractivity contribution < 1.29 is 56.9 Å². The van der Waals surface area contributed by atoms with Crippen LogP contribution in [0.1, 0.15) is 99.6 Å². The number of rotatable bonds is 14. The molecule has 20 heteroatoms. The molecule has 3 unspecified atom stereocenters. The summed E-state index contributed by atoms with van der Waals surface area (Å²) >= 11 is 0. The van der Waals surface area contributed by atoms with E-state index in [2.05, 4.69) is 15.6 Å². The number of amides is 6. The number of hydrogen-bond acceptors (Lipinski definition) is 10. The van der Waals surface area contributed by atoms with Crippen LogP contribution in [0.25, 0.3) is 10.9 Å². The number of nitrogens with zero attached hydrogens (tertiary/aromatic N) is 2. The first-order chi connectivity index (χ1) is 28.8. The van der Waals surface area contributed by atoms with E-state index in [9.17, 15) is 47.1 Å². The number of Topliss-reactive ketones (excluding diaryl/α,β-unsaturated/α-hetero) is 1. The van der Waals surface area contributed by atoms with E-state index in [1.165, 1.54) is 24.3 Å². The first kappa shape index (κ1) is 51.5. The van der Waals surface area contributed by atoms with Gasteiger partial charge in [0, 0.05) is 67.8 Å². The highest BCUT2D eigenvalue weighted by atomic mass is 31.2. The fourth-order valence-electron chi connectivity index (χ4n) is 6.54. The van der Waals surface area contributed by atoms with Crippen LogP contribution >= 0.6 is 8.38 Å². The molecule has 2 saturated heterocycles. The van der Waals surface area contributed by atoms with E-state index in [-0.39, 0.29) is 48.1 Å². The molecular formula is C41H56F2N7O10P. The van der Waals surface area contributed by atoms with Crippen molar-refractivity contribution in [3.05, 3.63) is 70.9 Å². The molecule has 6 amide bonds. The summed E-state index contributed by atoms with van der Waals surface area (Å²) in [4.78, 5) is 116. The molecule has 0 aliphatic carbocycles. The van der Waals surface area contributed by atoms with Crippen molar-refractivity contribution in [2.75, 3.05) is 19.6 Å². The fourth-order valence-corrected chi connectivity index (χ4v) is 6.91. The van der Waals surface area contributed by atoms with Gasteiger partial charge in [0.2, 0.25) is 43.9 Å². The molecule has 17 nitrogen and oxygen atoms in total. The molecule has 61 heavy (non-hydrogen) atoms. The Morgan fingerprint density at radius 1 is 0.951 bits per heavy atom. The lowest BCUT2D eigenvalue weighted by molar-refractivity contribution is -0.136. The molecule has 2 fully saturated rings. The van der Waals surface area contributed by atoms with Crippen molar-refractivity contribution in [1.29, 1.82) is 0 Å². The second-order valence-electron chi connectivity index (χ2n) is 14.3. The Labute approximate surface area is 353 Å². The Bertz CT molecular complexity index is 2030. The average molecular weight is 876 g/mol. The van der Waals surface area contributed by atoms with Crippen molar-refractivity contribution in [1.82, 2.24) is 25.4 Å². The predicted octanol–water partition coefficient (Wildman–Crippen LogP) is 2.95. The maximum Gasteiger partial charge on any atom is 0.265 e. The van der Waals surface area contributed by atoms with E-state index < -0.39 is 61.3 Å². The standard InChI is InChI=1S/C18H23F2N3O4.C11H18N2O2.C10H9N2O4P.C2H6/c1-10(2)17(26)15(8-11-3-4-12(19)13(20)7-11)23-18(27)14(22-9-24)5-6-16(21)25;1-9(14)12-7-4-10-3-2-6-13(10)11(15)5-8-12;11-9(13)8-4-6-3-5(10(14)17(15)16)1-2-7(6)12-8;1-2/h3-4,7,9-10,14-15H,5-6,8H2,1-2H3,(H2,21,25)(H,22,24)(H,23,27);10H,2-8H2,1H3;1-4,12,15-16H,(H2,11,13);1-2H3. The molecule has 2 aliphatic rings. The molecule has 0 saturated carbocycles. The summed E-state index contributed by atoms with van der Waals surface area (Å²) in [5, 5.41) is 5.39. The van der Waals surface area contributed by atoms with E-state index >= 15 is 0 Å². The van der Waals surface area contributed by atoms with Crippen molar-refractivity contribution in [3.8, 4) is 0 Å². The maximum absolute atomic E-state index is 13.4. The van der Waals surface area contributed by atoms with Gasteiger partial charge >= 0.3 is 0 Å². The zero-order chi connectivity index (χ0) is 46.0. The lowest BCUT2D eigenvalue weighted by Gasteiger charge is -2.31. The third kappa shape index (κ3) is 16.0. The average Bonchev–Trinajstić information content (AvgIpc) is 3.87. The van der Waals surface area contributed by atoms with Crippen LogP contribution < -0.4 is 22.1 Å². The van der Waals surface area contributed by atoms with Gasteiger partial charge < -0.3 is 46.7 Å². The minimum atomic E-state index is -2.64. The lowest BCUT2D eigenvalue weighted by atomic mass is 9.95. The number of aromatic nitrogens is 1. The highest BCUT2D eigenvalue weighted by Crippen LogP contribution is 2.30. The van der Waals surface area contributed by atoms with Crippen LogP contribution in [0, 0.1) is 17.6 Å². The van der Waals surface area contributed by atoms with Crippen LogP contribution in [0.4, 0.5) is 8.78 Å². The zero-order valence-corrected chi connectivity index (χ0v) is 35.8. The monoisotopic (exact) mass is 875 g/mol. The number of benzene rings is 2. The van der Waals surface area contributed by atoms with Crippen LogP contribution in [0.3, 0.4) is 0 Å². The second kappa shape index (κ2) is 25.2. The van der Waals surface area contributed by atoms with Gasteiger partial charge in [-0.2, -0.15) is 0 Å². The Balaban J connectivity index is 0.000000324. The number of fused-ring (bicyclic) bond motifs is 2. The predicted molar refractivity (Wildman–Crippen MR) is 223 cm³/mol. The third-order valence-electron chi connectivity index (χ3n) is 9.70. The number of primary amides is 2. The van der Waals surface area contributed by atoms with Gasteiger partial charge in [-0.15, -0.1) is 0 Å². The van der Waals surface area contributed by atoms with Gasteiger partial charge in [-0.05, 0) is 74.1 Å². The normalized spacial score (nSPS) is 15.6. The Kier molecular flexibility index (Phi) is 21.3. The van der Waals surface area contributed by atoms with E-state index in [1.807, 2.05) is 18.7 Å². The number of hydrogen-bond donors (Lipinski definition) is 7. The summed E-state index contributed by atoms with van der Waals surface area (Å²) in [6.07, 6.45) is 3.76. The molecule has 0 spiro atoms. The lowest BCUT2D eigenvalue weighted by Crippen LogP contribution is -2.51. The highest BCUT2D eigenvalue weighted by Gasteiger charge is 2.31. The smallest absolute Gasteiger partial charge is 0.265 e. The number of carbonyl (C=O) groups is 8. The molecule has 3 heterocycles.